The van der Waals surface area contributed by atoms with Crippen LogP contribution in [0.1, 0.15) is 18.5 Å². The minimum atomic E-state index is -3.66. The first-order valence-corrected chi connectivity index (χ1v) is 7.61. The Morgan fingerprint density at radius 2 is 1.83 bits per heavy atom. The van der Waals surface area contributed by atoms with Crippen molar-refractivity contribution in [2.45, 2.75) is 17.2 Å². The Labute approximate surface area is 109 Å². The van der Waals surface area contributed by atoms with Crippen LogP contribution in [0, 0.1) is 5.13 Å². The molecule has 0 bridgehead atoms. The highest BCUT2D eigenvalue weighted by atomic mass is 32.2. The van der Waals surface area contributed by atoms with E-state index in [4.69, 9.17) is 0 Å². The maximum atomic E-state index is 12.8. The zero-order chi connectivity index (χ0) is 13.2. The van der Waals surface area contributed by atoms with Gasteiger partial charge in [0, 0.05) is 6.04 Å². The molecule has 1 aromatic heterocycles. The summed E-state index contributed by atoms with van der Waals surface area (Å²) in [6, 6.07) is 11.3. The van der Waals surface area contributed by atoms with Gasteiger partial charge in [-0.05, 0) is 24.6 Å². The second kappa shape index (κ2) is 5.17. The van der Waals surface area contributed by atoms with Crippen molar-refractivity contribution in [3.8, 4) is 0 Å². The molecule has 1 N–H and O–H groups in total. The molecule has 6 heteroatoms. The molecule has 0 aliphatic heterocycles. The molecule has 1 atom stereocenters. The van der Waals surface area contributed by atoms with E-state index in [1.165, 1.54) is 6.07 Å². The Morgan fingerprint density at radius 3 is 2.39 bits per heavy atom. The predicted octanol–water partition coefficient (Wildman–Crippen LogP) is 2.93. The van der Waals surface area contributed by atoms with Crippen molar-refractivity contribution in [1.82, 2.24) is 4.72 Å². The van der Waals surface area contributed by atoms with E-state index >= 15 is 0 Å². The molecule has 18 heavy (non-hydrogen) atoms. The molecule has 2 rings (SSSR count). The number of hydrogen-bond acceptors (Lipinski definition) is 3. The summed E-state index contributed by atoms with van der Waals surface area (Å²) in [6.07, 6.45) is 0. The summed E-state index contributed by atoms with van der Waals surface area (Å²) < 4.78 is 39.3. The van der Waals surface area contributed by atoms with Crippen molar-refractivity contribution < 1.29 is 12.8 Å². The number of hydrogen-bond donors (Lipinski definition) is 1. The van der Waals surface area contributed by atoms with Gasteiger partial charge >= 0.3 is 0 Å². The quantitative estimate of drug-likeness (QED) is 0.939. The highest BCUT2D eigenvalue weighted by molar-refractivity contribution is 7.91. The van der Waals surface area contributed by atoms with E-state index in [0.717, 1.165) is 11.6 Å². The van der Waals surface area contributed by atoms with Gasteiger partial charge in [0.1, 0.15) is 4.21 Å². The summed E-state index contributed by atoms with van der Waals surface area (Å²) in [5, 5.41) is -0.511. The topological polar surface area (TPSA) is 46.2 Å². The van der Waals surface area contributed by atoms with Crippen LogP contribution < -0.4 is 4.72 Å². The lowest BCUT2D eigenvalue weighted by molar-refractivity contribution is 0.569. The molecule has 3 nitrogen and oxygen atoms in total. The van der Waals surface area contributed by atoms with Crippen LogP contribution >= 0.6 is 11.3 Å². The zero-order valence-electron chi connectivity index (χ0n) is 9.63. The summed E-state index contributed by atoms with van der Waals surface area (Å²) >= 11 is 0.615. The molecule has 0 saturated heterocycles. The average Bonchev–Trinajstić information content (AvgIpc) is 2.77. The molecule has 0 spiro atoms. The van der Waals surface area contributed by atoms with E-state index < -0.39 is 15.2 Å². The fourth-order valence-corrected chi connectivity index (χ4v) is 3.79. The Morgan fingerprint density at radius 1 is 1.17 bits per heavy atom. The number of thiophene rings is 1. The minimum absolute atomic E-state index is 0.0113. The summed E-state index contributed by atoms with van der Waals surface area (Å²) in [7, 11) is -3.66. The predicted molar refractivity (Wildman–Crippen MR) is 69.5 cm³/mol. The average molecular weight is 285 g/mol. The van der Waals surface area contributed by atoms with Gasteiger partial charge in [-0.15, -0.1) is 0 Å². The van der Waals surface area contributed by atoms with Crippen LogP contribution in [0.25, 0.3) is 0 Å². The van der Waals surface area contributed by atoms with E-state index in [0.29, 0.717) is 11.3 Å². The van der Waals surface area contributed by atoms with E-state index in [9.17, 15) is 12.8 Å². The Hall–Kier alpha value is -1.24. The Bertz CT molecular complexity index is 623. The molecule has 1 aromatic carbocycles. The second-order valence-corrected chi connectivity index (χ2v) is 6.79. The van der Waals surface area contributed by atoms with Crippen LogP contribution in [0.2, 0.25) is 0 Å². The van der Waals surface area contributed by atoms with Gasteiger partial charge in [0.05, 0.1) is 0 Å². The molecular weight excluding hydrogens is 273 g/mol. The molecule has 2 aromatic rings. The lowest BCUT2D eigenvalue weighted by Gasteiger charge is -2.13. The van der Waals surface area contributed by atoms with Crippen LogP contribution in [-0.2, 0) is 10.0 Å². The molecular formula is C12H12FNO2S2. The van der Waals surface area contributed by atoms with Crippen LogP contribution in [-0.4, -0.2) is 8.42 Å². The zero-order valence-corrected chi connectivity index (χ0v) is 11.3. The summed E-state index contributed by atoms with van der Waals surface area (Å²) in [4.78, 5) is 0. The van der Waals surface area contributed by atoms with Gasteiger partial charge in [-0.1, -0.05) is 41.7 Å². The molecule has 0 unspecified atom stereocenters. The van der Waals surface area contributed by atoms with Gasteiger partial charge in [-0.25, -0.2) is 13.1 Å². The monoisotopic (exact) mass is 285 g/mol. The number of sulfonamides is 1. The van der Waals surface area contributed by atoms with E-state index in [-0.39, 0.29) is 10.3 Å². The third kappa shape index (κ3) is 2.95. The third-order valence-electron chi connectivity index (χ3n) is 2.44. The lowest BCUT2D eigenvalue weighted by Crippen LogP contribution is -2.26. The first-order valence-electron chi connectivity index (χ1n) is 5.31. The van der Waals surface area contributed by atoms with Crippen LogP contribution in [0.3, 0.4) is 0 Å². The van der Waals surface area contributed by atoms with Crippen LogP contribution in [0.4, 0.5) is 4.39 Å². The third-order valence-corrected chi connectivity index (χ3v) is 5.35. The molecule has 0 radical (unpaired) electrons. The second-order valence-electron chi connectivity index (χ2n) is 3.81. The number of halogens is 1. The van der Waals surface area contributed by atoms with Crippen molar-refractivity contribution >= 4 is 21.4 Å². The Kier molecular flexibility index (Phi) is 3.79. The normalized spacial score (nSPS) is 13.4. The molecule has 0 saturated carbocycles. The van der Waals surface area contributed by atoms with Gasteiger partial charge in [-0.2, -0.15) is 4.39 Å². The van der Waals surface area contributed by atoms with Crippen LogP contribution in [0.15, 0.2) is 46.7 Å². The molecule has 0 fully saturated rings. The minimum Gasteiger partial charge on any atom is -0.206 e. The molecule has 0 amide bonds. The van der Waals surface area contributed by atoms with Crippen molar-refractivity contribution in [1.29, 1.82) is 0 Å². The largest absolute Gasteiger partial charge is 0.250 e. The van der Waals surface area contributed by atoms with E-state index in [2.05, 4.69) is 4.72 Å². The van der Waals surface area contributed by atoms with Crippen molar-refractivity contribution in [2.75, 3.05) is 0 Å². The number of benzene rings is 1. The van der Waals surface area contributed by atoms with Crippen molar-refractivity contribution in [3.63, 3.8) is 0 Å². The van der Waals surface area contributed by atoms with Crippen molar-refractivity contribution in [3.05, 3.63) is 53.2 Å². The van der Waals surface area contributed by atoms with Gasteiger partial charge in [0.2, 0.25) is 0 Å². The van der Waals surface area contributed by atoms with Gasteiger partial charge in [0.15, 0.2) is 5.13 Å². The summed E-state index contributed by atoms with van der Waals surface area (Å²) in [6.45, 7) is 1.75. The van der Waals surface area contributed by atoms with Gasteiger partial charge in [0.25, 0.3) is 10.0 Å². The van der Waals surface area contributed by atoms with Crippen LogP contribution in [0.5, 0.6) is 0 Å². The highest BCUT2D eigenvalue weighted by Crippen LogP contribution is 2.22. The molecule has 0 aliphatic rings. The van der Waals surface area contributed by atoms with Gasteiger partial charge < -0.3 is 0 Å². The highest BCUT2D eigenvalue weighted by Gasteiger charge is 2.20. The van der Waals surface area contributed by atoms with E-state index in [1.54, 1.807) is 6.92 Å². The van der Waals surface area contributed by atoms with Gasteiger partial charge in [-0.3, -0.25) is 0 Å². The lowest BCUT2D eigenvalue weighted by atomic mass is 10.1. The SMILES string of the molecule is C[C@H](NS(=O)(=O)c1ccc(F)s1)c1ccccc1. The van der Waals surface area contributed by atoms with Crippen molar-refractivity contribution in [2.24, 2.45) is 0 Å². The summed E-state index contributed by atoms with van der Waals surface area (Å²) in [5.74, 6) is 0. The maximum absolute atomic E-state index is 12.8. The first kappa shape index (κ1) is 13.2. The number of rotatable bonds is 4. The number of nitrogens with one attached hydrogen (secondary N) is 1. The maximum Gasteiger partial charge on any atom is 0.250 e. The Balaban J connectivity index is 2.19. The molecule has 0 aliphatic carbocycles. The molecule has 96 valence electrons. The smallest absolute Gasteiger partial charge is 0.206 e. The van der Waals surface area contributed by atoms with E-state index in [1.807, 2.05) is 30.3 Å². The fourth-order valence-electron chi connectivity index (χ4n) is 1.54. The first-order chi connectivity index (χ1) is 8.49. The molecule has 1 heterocycles. The standard InChI is InChI=1S/C12H12FNO2S2/c1-9(10-5-3-2-4-6-10)14-18(15,16)12-8-7-11(13)17-12/h2-9,14H,1H3/t9-/m0/s1. The summed E-state index contributed by atoms with van der Waals surface area (Å²) in [5.41, 5.74) is 0.859. The fraction of sp³-hybridized carbons (Fsp3) is 0.167.